The Morgan fingerprint density at radius 1 is 1.06 bits per heavy atom. The molecule has 2 amide bonds. The molecule has 4 rings (SSSR count). The number of anilines is 1. The van der Waals surface area contributed by atoms with Crippen LogP contribution < -0.4 is 10.0 Å². The van der Waals surface area contributed by atoms with Gasteiger partial charge in [0, 0.05) is 30.8 Å². The molecular weight excluding hydrogens is 469 g/mol. The van der Waals surface area contributed by atoms with Crippen molar-refractivity contribution >= 4 is 27.5 Å². The number of amides is 2. The van der Waals surface area contributed by atoms with Crippen LogP contribution in [0.15, 0.2) is 77.7 Å². The Kier molecular flexibility index (Phi) is 7.16. The summed E-state index contributed by atoms with van der Waals surface area (Å²) in [6.07, 6.45) is 1.28. The number of aryl methyl sites for hydroxylation is 1. The lowest BCUT2D eigenvalue weighted by Crippen LogP contribution is -2.38. The molecule has 2 N–H and O–H groups in total. The highest BCUT2D eigenvalue weighted by Gasteiger charge is 2.26. The first-order chi connectivity index (χ1) is 16.7. The van der Waals surface area contributed by atoms with Crippen molar-refractivity contribution in [1.82, 2.24) is 10.2 Å². The highest BCUT2D eigenvalue weighted by molar-refractivity contribution is 7.92. The lowest BCUT2D eigenvalue weighted by atomic mass is 10.0. The number of rotatable bonds is 8. The molecule has 0 spiro atoms. The maximum absolute atomic E-state index is 13.3. The second-order valence-electron chi connectivity index (χ2n) is 8.47. The Balaban J connectivity index is 1.58. The van der Waals surface area contributed by atoms with Gasteiger partial charge in [0.05, 0.1) is 10.9 Å². The molecule has 182 valence electrons. The molecule has 1 fully saturated rings. The van der Waals surface area contributed by atoms with E-state index in [2.05, 4.69) is 10.0 Å². The van der Waals surface area contributed by atoms with Crippen molar-refractivity contribution in [1.29, 1.82) is 0 Å². The third-order valence-electron chi connectivity index (χ3n) is 5.94. The van der Waals surface area contributed by atoms with Gasteiger partial charge in [0.2, 0.25) is 5.91 Å². The Morgan fingerprint density at radius 2 is 1.77 bits per heavy atom. The molecule has 0 radical (unpaired) electrons. The van der Waals surface area contributed by atoms with Gasteiger partial charge in [0.25, 0.3) is 15.9 Å². The molecule has 1 unspecified atom stereocenters. The van der Waals surface area contributed by atoms with Gasteiger partial charge in [0.15, 0.2) is 0 Å². The third kappa shape index (κ3) is 5.86. The van der Waals surface area contributed by atoms with Gasteiger partial charge in [-0.15, -0.1) is 0 Å². The van der Waals surface area contributed by atoms with E-state index in [-0.39, 0.29) is 22.1 Å². The quantitative estimate of drug-likeness (QED) is 0.493. The van der Waals surface area contributed by atoms with Gasteiger partial charge >= 0.3 is 0 Å². The van der Waals surface area contributed by atoms with E-state index >= 15 is 0 Å². The zero-order chi connectivity index (χ0) is 25.0. The van der Waals surface area contributed by atoms with Crippen LogP contribution in [-0.4, -0.2) is 38.2 Å². The largest absolute Gasteiger partial charge is 0.343 e. The molecule has 1 aliphatic rings. The van der Waals surface area contributed by atoms with Crippen LogP contribution in [-0.2, 0) is 14.8 Å². The average Bonchev–Trinajstić information content (AvgIpc) is 3.25. The van der Waals surface area contributed by atoms with E-state index in [4.69, 9.17) is 0 Å². The SMILES string of the molecule is Cc1ccc(S(=O)(=O)Nc2ccc(F)cc2)cc1C(=O)NC(CN1CCCC1=O)c1ccccc1. The summed E-state index contributed by atoms with van der Waals surface area (Å²) in [6, 6.07) is 18.1. The van der Waals surface area contributed by atoms with E-state index in [0.717, 1.165) is 24.1 Å². The fraction of sp³-hybridized carbons (Fsp3) is 0.231. The fourth-order valence-corrected chi connectivity index (χ4v) is 5.10. The van der Waals surface area contributed by atoms with E-state index in [1.807, 2.05) is 30.3 Å². The predicted molar refractivity (Wildman–Crippen MR) is 131 cm³/mol. The first-order valence-electron chi connectivity index (χ1n) is 11.3. The highest BCUT2D eigenvalue weighted by Crippen LogP contribution is 2.22. The van der Waals surface area contributed by atoms with Gasteiger partial charge in [0.1, 0.15) is 5.82 Å². The first kappa shape index (κ1) is 24.4. The first-order valence-corrected chi connectivity index (χ1v) is 12.7. The predicted octanol–water partition coefficient (Wildman–Crippen LogP) is 4.03. The van der Waals surface area contributed by atoms with E-state index in [0.29, 0.717) is 25.1 Å². The van der Waals surface area contributed by atoms with Crippen LogP contribution in [0.25, 0.3) is 0 Å². The number of hydrogen-bond acceptors (Lipinski definition) is 4. The van der Waals surface area contributed by atoms with Crippen LogP contribution in [0.2, 0.25) is 0 Å². The van der Waals surface area contributed by atoms with Gasteiger partial charge < -0.3 is 10.2 Å². The van der Waals surface area contributed by atoms with Crippen molar-refractivity contribution in [3.05, 3.63) is 95.3 Å². The summed E-state index contributed by atoms with van der Waals surface area (Å²) in [4.78, 5) is 27.1. The molecule has 0 aliphatic carbocycles. The lowest BCUT2D eigenvalue weighted by molar-refractivity contribution is -0.128. The maximum Gasteiger partial charge on any atom is 0.261 e. The second-order valence-corrected chi connectivity index (χ2v) is 10.2. The Labute approximate surface area is 204 Å². The van der Waals surface area contributed by atoms with Gasteiger partial charge in [-0.2, -0.15) is 0 Å². The number of benzene rings is 3. The zero-order valence-corrected chi connectivity index (χ0v) is 20.0. The third-order valence-corrected chi connectivity index (χ3v) is 7.32. The second kappa shape index (κ2) is 10.3. The summed E-state index contributed by atoms with van der Waals surface area (Å²) >= 11 is 0. The summed E-state index contributed by atoms with van der Waals surface area (Å²) in [5, 5.41) is 2.98. The number of halogens is 1. The van der Waals surface area contributed by atoms with Gasteiger partial charge in [-0.1, -0.05) is 36.4 Å². The topological polar surface area (TPSA) is 95.6 Å². The van der Waals surface area contributed by atoms with E-state index in [9.17, 15) is 22.4 Å². The van der Waals surface area contributed by atoms with Crippen LogP contribution in [0, 0.1) is 12.7 Å². The van der Waals surface area contributed by atoms with Crippen LogP contribution in [0.4, 0.5) is 10.1 Å². The number of hydrogen-bond donors (Lipinski definition) is 2. The number of nitrogens with zero attached hydrogens (tertiary/aromatic N) is 1. The molecule has 7 nitrogen and oxygen atoms in total. The molecule has 35 heavy (non-hydrogen) atoms. The molecule has 3 aromatic carbocycles. The zero-order valence-electron chi connectivity index (χ0n) is 19.2. The minimum absolute atomic E-state index is 0.0521. The van der Waals surface area contributed by atoms with Gasteiger partial charge in [-0.3, -0.25) is 14.3 Å². The van der Waals surface area contributed by atoms with Crippen LogP contribution >= 0.6 is 0 Å². The van der Waals surface area contributed by atoms with Crippen molar-refractivity contribution in [3.8, 4) is 0 Å². The van der Waals surface area contributed by atoms with Crippen molar-refractivity contribution in [2.24, 2.45) is 0 Å². The number of carbonyl (C=O) groups is 2. The summed E-state index contributed by atoms with van der Waals surface area (Å²) in [5.74, 6) is -0.871. The standard InChI is InChI=1S/C26H26FN3O4S/c1-18-9-14-22(35(33,34)29-21-12-10-20(27)11-13-21)16-23(18)26(32)28-24(19-6-3-2-4-7-19)17-30-15-5-8-25(30)31/h2-4,6-7,9-14,16,24,29H,5,8,15,17H2,1H3,(H,28,32). The summed E-state index contributed by atoms with van der Waals surface area (Å²) in [6.45, 7) is 2.69. The molecule has 0 bridgehead atoms. The molecule has 3 aromatic rings. The number of nitrogens with one attached hydrogen (secondary N) is 2. The van der Waals surface area contributed by atoms with Crippen molar-refractivity contribution in [2.75, 3.05) is 17.8 Å². The molecule has 1 atom stereocenters. The smallest absolute Gasteiger partial charge is 0.261 e. The van der Waals surface area contributed by atoms with Gasteiger partial charge in [-0.25, -0.2) is 12.8 Å². The molecule has 0 saturated carbocycles. The van der Waals surface area contributed by atoms with Gasteiger partial charge in [-0.05, 0) is 60.9 Å². The van der Waals surface area contributed by atoms with E-state index in [1.165, 1.54) is 24.3 Å². The molecular formula is C26H26FN3O4S. The maximum atomic E-state index is 13.3. The molecule has 1 aliphatic heterocycles. The Morgan fingerprint density at radius 3 is 2.43 bits per heavy atom. The van der Waals surface area contributed by atoms with Crippen molar-refractivity contribution in [3.63, 3.8) is 0 Å². The minimum atomic E-state index is -4.01. The lowest BCUT2D eigenvalue weighted by Gasteiger charge is -2.25. The number of carbonyl (C=O) groups excluding carboxylic acids is 2. The average molecular weight is 496 g/mol. The highest BCUT2D eigenvalue weighted by atomic mass is 32.2. The molecule has 1 heterocycles. The normalized spacial score (nSPS) is 14.6. The Hall–Kier alpha value is -3.72. The summed E-state index contributed by atoms with van der Waals surface area (Å²) in [7, 11) is -4.01. The molecule has 0 aromatic heterocycles. The Bertz CT molecular complexity index is 1330. The van der Waals surface area contributed by atoms with E-state index < -0.39 is 27.8 Å². The van der Waals surface area contributed by atoms with Crippen LogP contribution in [0.5, 0.6) is 0 Å². The minimum Gasteiger partial charge on any atom is -0.343 e. The van der Waals surface area contributed by atoms with Crippen molar-refractivity contribution < 1.29 is 22.4 Å². The number of sulfonamides is 1. The molecule has 1 saturated heterocycles. The van der Waals surface area contributed by atoms with Crippen molar-refractivity contribution in [2.45, 2.75) is 30.7 Å². The summed E-state index contributed by atoms with van der Waals surface area (Å²) < 4.78 is 41.4. The number of likely N-dealkylation sites (tertiary alicyclic amines) is 1. The van der Waals surface area contributed by atoms with E-state index in [1.54, 1.807) is 17.9 Å². The monoisotopic (exact) mass is 495 g/mol. The van der Waals surface area contributed by atoms with Crippen LogP contribution in [0.1, 0.15) is 40.4 Å². The summed E-state index contributed by atoms with van der Waals surface area (Å²) in [5.41, 5.74) is 1.87. The van der Waals surface area contributed by atoms with Crippen LogP contribution in [0.3, 0.4) is 0 Å². The fourth-order valence-electron chi connectivity index (χ4n) is 4.02. The molecule has 9 heteroatoms.